The highest BCUT2D eigenvalue weighted by Gasteiger charge is 2.26. The fourth-order valence-corrected chi connectivity index (χ4v) is 3.65. The van der Waals surface area contributed by atoms with Gasteiger partial charge in [0, 0.05) is 24.8 Å². The van der Waals surface area contributed by atoms with Crippen LogP contribution in [0.2, 0.25) is 0 Å². The van der Waals surface area contributed by atoms with E-state index in [4.69, 9.17) is 0 Å². The molecule has 0 bridgehead atoms. The largest absolute Gasteiger partial charge is 0.291 e. The quantitative estimate of drug-likeness (QED) is 0.734. The van der Waals surface area contributed by atoms with Crippen LogP contribution in [0, 0.1) is 12.7 Å². The molecule has 0 N–H and O–H groups in total. The van der Waals surface area contributed by atoms with Gasteiger partial charge in [-0.15, -0.1) is 0 Å². The van der Waals surface area contributed by atoms with Crippen LogP contribution < -0.4 is 5.56 Å². The molecule has 1 aliphatic rings. The summed E-state index contributed by atoms with van der Waals surface area (Å²) in [6, 6.07) is 12.4. The predicted octanol–water partition coefficient (Wildman–Crippen LogP) is 3.48. The van der Waals surface area contributed by atoms with Crippen LogP contribution in [0.5, 0.6) is 0 Å². The molecule has 0 saturated carbocycles. The average molecular weight is 337 g/mol. The highest BCUT2D eigenvalue weighted by Crippen LogP contribution is 2.33. The summed E-state index contributed by atoms with van der Waals surface area (Å²) in [7, 11) is 0. The first-order chi connectivity index (χ1) is 12.1. The second kappa shape index (κ2) is 6.41. The van der Waals surface area contributed by atoms with Gasteiger partial charge >= 0.3 is 0 Å². The zero-order chi connectivity index (χ0) is 17.4. The van der Waals surface area contributed by atoms with E-state index in [-0.39, 0.29) is 17.4 Å². The van der Waals surface area contributed by atoms with Crippen molar-refractivity contribution in [1.82, 2.24) is 14.3 Å². The highest BCUT2D eigenvalue weighted by molar-refractivity contribution is 5.40. The van der Waals surface area contributed by atoms with Gasteiger partial charge in [0.1, 0.15) is 11.5 Å². The van der Waals surface area contributed by atoms with Gasteiger partial charge in [0.15, 0.2) is 0 Å². The van der Waals surface area contributed by atoms with Crippen LogP contribution in [0.25, 0.3) is 5.65 Å². The van der Waals surface area contributed by atoms with Crippen molar-refractivity contribution in [2.24, 2.45) is 0 Å². The van der Waals surface area contributed by atoms with Crippen LogP contribution in [0.15, 0.2) is 53.5 Å². The number of hydrogen-bond acceptors (Lipinski definition) is 3. The number of fused-ring (bicyclic) bond motifs is 1. The second-order valence-corrected chi connectivity index (χ2v) is 6.70. The highest BCUT2D eigenvalue weighted by atomic mass is 19.1. The summed E-state index contributed by atoms with van der Waals surface area (Å²) in [4.78, 5) is 19.3. The standard InChI is InChI=1S/C20H20FN3O/c1-14-7-8-19-22-17(11-20(25)24(19)12-14)13-23-9-3-6-18(23)15-4-2-5-16(21)10-15/h2,4-5,7-8,10-12,18H,3,6,9,13H2,1H3/t18-/m0/s1. The molecule has 1 saturated heterocycles. The van der Waals surface area contributed by atoms with Gasteiger partial charge in [0.05, 0.1) is 5.69 Å². The lowest BCUT2D eigenvalue weighted by molar-refractivity contribution is 0.245. The van der Waals surface area contributed by atoms with Gasteiger partial charge in [-0.1, -0.05) is 18.2 Å². The lowest BCUT2D eigenvalue weighted by Gasteiger charge is -2.24. The van der Waals surface area contributed by atoms with Crippen molar-refractivity contribution in [2.75, 3.05) is 6.54 Å². The summed E-state index contributed by atoms with van der Waals surface area (Å²) in [5.41, 5.74) is 3.37. The van der Waals surface area contributed by atoms with E-state index in [0.717, 1.165) is 36.2 Å². The fourth-order valence-electron chi connectivity index (χ4n) is 3.65. The third-order valence-corrected chi connectivity index (χ3v) is 4.82. The van der Waals surface area contributed by atoms with Crippen molar-refractivity contribution in [3.8, 4) is 0 Å². The first-order valence-electron chi connectivity index (χ1n) is 8.58. The maximum atomic E-state index is 13.6. The maximum absolute atomic E-state index is 13.6. The summed E-state index contributed by atoms with van der Waals surface area (Å²) in [6.45, 7) is 3.48. The van der Waals surface area contributed by atoms with Crippen molar-refractivity contribution in [2.45, 2.75) is 32.4 Å². The molecule has 25 heavy (non-hydrogen) atoms. The van der Waals surface area contributed by atoms with Gasteiger partial charge in [-0.2, -0.15) is 0 Å². The van der Waals surface area contributed by atoms with Crippen molar-refractivity contribution >= 4 is 5.65 Å². The molecule has 1 aliphatic heterocycles. The number of pyridine rings is 1. The van der Waals surface area contributed by atoms with E-state index in [1.807, 2.05) is 25.1 Å². The van der Waals surface area contributed by atoms with E-state index in [1.165, 1.54) is 6.07 Å². The molecule has 3 aromatic rings. The van der Waals surface area contributed by atoms with Crippen LogP contribution in [0.4, 0.5) is 4.39 Å². The topological polar surface area (TPSA) is 37.6 Å². The minimum absolute atomic E-state index is 0.0646. The Morgan fingerprint density at radius 3 is 2.96 bits per heavy atom. The van der Waals surface area contributed by atoms with Gasteiger partial charge in [-0.05, 0) is 55.6 Å². The lowest BCUT2D eigenvalue weighted by atomic mass is 10.0. The van der Waals surface area contributed by atoms with Crippen molar-refractivity contribution in [3.05, 3.63) is 81.7 Å². The molecule has 3 heterocycles. The summed E-state index contributed by atoms with van der Waals surface area (Å²) in [6.07, 6.45) is 3.86. The Hall–Kier alpha value is -2.53. The zero-order valence-electron chi connectivity index (χ0n) is 14.2. The fraction of sp³-hybridized carbons (Fsp3) is 0.300. The number of likely N-dealkylation sites (tertiary alicyclic amines) is 1. The van der Waals surface area contributed by atoms with E-state index >= 15 is 0 Å². The Kier molecular flexibility index (Phi) is 4.09. The van der Waals surface area contributed by atoms with Crippen LogP contribution in [0.3, 0.4) is 0 Å². The smallest absolute Gasteiger partial charge is 0.258 e. The molecule has 0 spiro atoms. The van der Waals surface area contributed by atoms with E-state index in [0.29, 0.717) is 12.2 Å². The number of halogens is 1. The zero-order valence-corrected chi connectivity index (χ0v) is 14.2. The Bertz CT molecular complexity index is 982. The molecule has 5 heteroatoms. The third-order valence-electron chi connectivity index (χ3n) is 4.82. The number of hydrogen-bond donors (Lipinski definition) is 0. The molecule has 128 valence electrons. The molecule has 1 atom stereocenters. The Labute approximate surface area is 145 Å². The first-order valence-corrected chi connectivity index (χ1v) is 8.58. The van der Waals surface area contributed by atoms with Gasteiger partial charge in [0.25, 0.3) is 5.56 Å². The van der Waals surface area contributed by atoms with E-state index in [2.05, 4.69) is 9.88 Å². The molecule has 2 aromatic heterocycles. The Morgan fingerprint density at radius 1 is 1.24 bits per heavy atom. The number of nitrogens with zero attached hydrogens (tertiary/aromatic N) is 3. The average Bonchev–Trinajstić information content (AvgIpc) is 3.04. The lowest BCUT2D eigenvalue weighted by Crippen LogP contribution is -2.25. The molecule has 4 nitrogen and oxygen atoms in total. The minimum atomic E-state index is -0.207. The van der Waals surface area contributed by atoms with E-state index in [1.54, 1.807) is 28.8 Å². The normalized spacial score (nSPS) is 18.1. The van der Waals surface area contributed by atoms with Crippen LogP contribution in [-0.2, 0) is 6.54 Å². The molecule has 1 fully saturated rings. The number of aryl methyl sites for hydroxylation is 1. The molecule has 1 aromatic carbocycles. The molecule has 0 aliphatic carbocycles. The van der Waals surface area contributed by atoms with Crippen molar-refractivity contribution < 1.29 is 4.39 Å². The second-order valence-electron chi connectivity index (χ2n) is 6.70. The maximum Gasteiger partial charge on any atom is 0.258 e. The van der Waals surface area contributed by atoms with Gasteiger partial charge in [-0.3, -0.25) is 14.1 Å². The Balaban J connectivity index is 1.64. The number of aromatic nitrogens is 2. The summed E-state index contributed by atoms with van der Waals surface area (Å²) >= 11 is 0. The van der Waals surface area contributed by atoms with E-state index < -0.39 is 0 Å². The number of rotatable bonds is 3. The van der Waals surface area contributed by atoms with Crippen LogP contribution >= 0.6 is 0 Å². The van der Waals surface area contributed by atoms with Gasteiger partial charge in [0.2, 0.25) is 0 Å². The summed E-state index contributed by atoms with van der Waals surface area (Å²) in [5.74, 6) is -0.207. The first kappa shape index (κ1) is 16.0. The van der Waals surface area contributed by atoms with Crippen molar-refractivity contribution in [3.63, 3.8) is 0 Å². The van der Waals surface area contributed by atoms with Crippen LogP contribution in [0.1, 0.15) is 35.7 Å². The molecular formula is C20H20FN3O. The SMILES string of the molecule is Cc1ccc2nc(CN3CCC[C@H]3c3cccc(F)c3)cc(=O)n2c1. The van der Waals surface area contributed by atoms with Crippen molar-refractivity contribution in [1.29, 1.82) is 0 Å². The molecular weight excluding hydrogens is 317 g/mol. The summed E-state index contributed by atoms with van der Waals surface area (Å²) < 4.78 is 15.1. The molecule has 0 radical (unpaired) electrons. The monoisotopic (exact) mass is 337 g/mol. The Morgan fingerprint density at radius 2 is 2.12 bits per heavy atom. The molecule has 0 amide bonds. The number of benzene rings is 1. The molecule has 4 rings (SSSR count). The predicted molar refractivity (Wildman–Crippen MR) is 95.0 cm³/mol. The van der Waals surface area contributed by atoms with Crippen LogP contribution in [-0.4, -0.2) is 20.8 Å². The van der Waals surface area contributed by atoms with E-state index in [9.17, 15) is 9.18 Å². The summed E-state index contributed by atoms with van der Waals surface area (Å²) in [5, 5.41) is 0. The van der Waals surface area contributed by atoms with Gasteiger partial charge in [-0.25, -0.2) is 9.37 Å². The third kappa shape index (κ3) is 3.20. The van der Waals surface area contributed by atoms with Gasteiger partial charge < -0.3 is 0 Å². The minimum Gasteiger partial charge on any atom is -0.291 e. The molecule has 0 unspecified atom stereocenters.